The van der Waals surface area contributed by atoms with Gasteiger partial charge in [0.15, 0.2) is 0 Å². The van der Waals surface area contributed by atoms with Crippen LogP contribution in [0.3, 0.4) is 0 Å². The molecule has 0 bridgehead atoms. The predicted molar refractivity (Wildman–Crippen MR) is 87.7 cm³/mol. The summed E-state index contributed by atoms with van der Waals surface area (Å²) in [6, 6.07) is 0.351. The third kappa shape index (κ3) is 7.98. The van der Waals surface area contributed by atoms with Gasteiger partial charge in [-0.25, -0.2) is 13.2 Å². The molecule has 1 aliphatic heterocycles. The Morgan fingerprint density at radius 2 is 1.86 bits per heavy atom. The molecular weight excluding hydrogens is 304 g/mol. The molecular formula is C15H30N2O4S. The number of ether oxygens (including phenoxy) is 1. The maximum absolute atomic E-state index is 11.7. The summed E-state index contributed by atoms with van der Waals surface area (Å²) in [7, 11) is -2.84. The van der Waals surface area contributed by atoms with E-state index >= 15 is 0 Å². The highest BCUT2D eigenvalue weighted by Gasteiger charge is 2.25. The van der Waals surface area contributed by atoms with Crippen LogP contribution in [0.5, 0.6) is 0 Å². The summed E-state index contributed by atoms with van der Waals surface area (Å²) in [6.45, 7) is 8.07. The molecule has 2 N–H and O–H groups in total. The van der Waals surface area contributed by atoms with Crippen molar-refractivity contribution >= 4 is 15.9 Å². The number of amides is 1. The summed E-state index contributed by atoms with van der Waals surface area (Å²) < 4.78 is 28.1. The maximum Gasteiger partial charge on any atom is 0.407 e. The molecule has 1 heterocycles. The summed E-state index contributed by atoms with van der Waals surface area (Å²) >= 11 is 0. The molecule has 6 nitrogen and oxygen atoms in total. The molecule has 1 aliphatic rings. The van der Waals surface area contributed by atoms with Crippen LogP contribution < -0.4 is 10.6 Å². The second-order valence-corrected chi connectivity index (χ2v) is 9.26. The number of rotatable bonds is 6. The molecule has 7 heteroatoms. The van der Waals surface area contributed by atoms with E-state index in [9.17, 15) is 13.2 Å². The quantitative estimate of drug-likeness (QED) is 0.774. The molecule has 22 heavy (non-hydrogen) atoms. The Labute approximate surface area is 134 Å². The summed E-state index contributed by atoms with van der Waals surface area (Å²) in [6.07, 6.45) is 2.81. The average molecular weight is 334 g/mol. The molecule has 130 valence electrons. The number of nitrogens with one attached hydrogen (secondary N) is 2. The fourth-order valence-corrected chi connectivity index (χ4v) is 3.99. The topological polar surface area (TPSA) is 84.5 Å². The van der Waals surface area contributed by atoms with Crippen molar-refractivity contribution in [3.05, 3.63) is 0 Å². The molecule has 0 spiro atoms. The van der Waals surface area contributed by atoms with Crippen molar-refractivity contribution < 1.29 is 17.9 Å². The fourth-order valence-electron chi connectivity index (χ4n) is 2.50. The molecule has 0 aromatic carbocycles. The van der Waals surface area contributed by atoms with Crippen LogP contribution in [0.2, 0.25) is 0 Å². The first-order valence-electron chi connectivity index (χ1n) is 8.04. The van der Waals surface area contributed by atoms with Crippen LogP contribution in [0.1, 0.15) is 53.4 Å². The van der Waals surface area contributed by atoms with E-state index in [4.69, 9.17) is 4.74 Å². The van der Waals surface area contributed by atoms with Crippen molar-refractivity contribution in [2.24, 2.45) is 0 Å². The summed E-state index contributed by atoms with van der Waals surface area (Å²) in [5.74, 6) is 0.506. The lowest BCUT2D eigenvalue weighted by Crippen LogP contribution is -2.48. The SMILES string of the molecule is CCCC(CNC(=O)OC(C)(C)C)NC1CCS(=O)(=O)CC1. The molecule has 0 aliphatic carbocycles. The summed E-state index contributed by atoms with van der Waals surface area (Å²) in [5.41, 5.74) is -0.504. The van der Waals surface area contributed by atoms with Gasteiger partial charge in [0, 0.05) is 18.6 Å². The lowest BCUT2D eigenvalue weighted by Gasteiger charge is -2.29. The molecule has 1 atom stereocenters. The van der Waals surface area contributed by atoms with Gasteiger partial charge in [-0.15, -0.1) is 0 Å². The van der Waals surface area contributed by atoms with Gasteiger partial charge in [-0.1, -0.05) is 13.3 Å². The van der Waals surface area contributed by atoms with Crippen molar-refractivity contribution in [1.29, 1.82) is 0 Å². The van der Waals surface area contributed by atoms with E-state index in [1.807, 2.05) is 20.8 Å². The van der Waals surface area contributed by atoms with E-state index in [0.717, 1.165) is 12.8 Å². The highest BCUT2D eigenvalue weighted by molar-refractivity contribution is 7.91. The third-order valence-electron chi connectivity index (χ3n) is 3.55. The van der Waals surface area contributed by atoms with E-state index in [0.29, 0.717) is 19.4 Å². The molecule has 0 radical (unpaired) electrons. The van der Waals surface area contributed by atoms with Gasteiger partial charge in [0.1, 0.15) is 15.4 Å². The van der Waals surface area contributed by atoms with Crippen LogP contribution in [0.25, 0.3) is 0 Å². The monoisotopic (exact) mass is 334 g/mol. The number of hydrogen-bond donors (Lipinski definition) is 2. The highest BCUT2D eigenvalue weighted by Crippen LogP contribution is 2.14. The van der Waals surface area contributed by atoms with Gasteiger partial charge in [0.25, 0.3) is 0 Å². The molecule has 1 saturated heterocycles. The van der Waals surface area contributed by atoms with Gasteiger partial charge in [-0.2, -0.15) is 0 Å². The number of sulfone groups is 1. The molecule has 1 amide bonds. The Balaban J connectivity index is 2.40. The zero-order valence-corrected chi connectivity index (χ0v) is 15.0. The van der Waals surface area contributed by atoms with Crippen LogP contribution in [0.4, 0.5) is 4.79 Å². The normalized spacial score (nSPS) is 20.4. The van der Waals surface area contributed by atoms with Crippen molar-refractivity contribution in [2.75, 3.05) is 18.1 Å². The van der Waals surface area contributed by atoms with Crippen LogP contribution in [0.15, 0.2) is 0 Å². The lowest BCUT2D eigenvalue weighted by molar-refractivity contribution is 0.0520. The zero-order chi connectivity index (χ0) is 16.8. The second-order valence-electron chi connectivity index (χ2n) is 6.96. The van der Waals surface area contributed by atoms with E-state index < -0.39 is 21.5 Å². The van der Waals surface area contributed by atoms with E-state index in [2.05, 4.69) is 17.6 Å². The van der Waals surface area contributed by atoms with Gasteiger partial charge in [0.05, 0.1) is 11.5 Å². The highest BCUT2D eigenvalue weighted by atomic mass is 32.2. The fraction of sp³-hybridized carbons (Fsp3) is 0.933. The minimum Gasteiger partial charge on any atom is -0.444 e. The molecule has 1 unspecified atom stereocenters. The largest absolute Gasteiger partial charge is 0.444 e. The first-order valence-corrected chi connectivity index (χ1v) is 9.87. The minimum absolute atomic E-state index is 0.142. The van der Waals surface area contributed by atoms with Gasteiger partial charge in [-0.05, 0) is 40.0 Å². The average Bonchev–Trinajstić information content (AvgIpc) is 2.36. The molecule has 1 rings (SSSR count). The minimum atomic E-state index is -2.84. The van der Waals surface area contributed by atoms with Crippen molar-refractivity contribution in [3.8, 4) is 0 Å². The molecule has 0 aromatic heterocycles. The first kappa shape index (κ1) is 19.2. The second kappa shape index (κ2) is 8.15. The first-order chi connectivity index (χ1) is 10.1. The van der Waals surface area contributed by atoms with Crippen molar-refractivity contribution in [1.82, 2.24) is 10.6 Å². The van der Waals surface area contributed by atoms with E-state index in [1.54, 1.807) is 0 Å². The van der Waals surface area contributed by atoms with Gasteiger partial charge >= 0.3 is 6.09 Å². The number of alkyl carbamates (subject to hydrolysis) is 1. The molecule has 0 saturated carbocycles. The smallest absolute Gasteiger partial charge is 0.407 e. The zero-order valence-electron chi connectivity index (χ0n) is 14.1. The molecule has 0 aromatic rings. The Morgan fingerprint density at radius 1 is 1.27 bits per heavy atom. The van der Waals surface area contributed by atoms with Crippen LogP contribution in [-0.2, 0) is 14.6 Å². The Bertz CT molecular complexity index is 443. The number of carbonyl (C=O) groups excluding carboxylic acids is 1. The van der Waals surface area contributed by atoms with E-state index in [1.165, 1.54) is 0 Å². The summed E-state index contributed by atoms with van der Waals surface area (Å²) in [5, 5.41) is 6.27. The van der Waals surface area contributed by atoms with Crippen molar-refractivity contribution in [3.63, 3.8) is 0 Å². The molecule has 1 fully saturated rings. The van der Waals surface area contributed by atoms with Gasteiger partial charge in [0.2, 0.25) is 0 Å². The third-order valence-corrected chi connectivity index (χ3v) is 5.27. The van der Waals surface area contributed by atoms with Crippen LogP contribution in [0, 0.1) is 0 Å². The van der Waals surface area contributed by atoms with Crippen LogP contribution in [-0.4, -0.2) is 50.2 Å². The van der Waals surface area contributed by atoms with Crippen LogP contribution >= 0.6 is 0 Å². The Hall–Kier alpha value is -0.820. The standard InChI is InChI=1S/C15H30N2O4S/c1-5-6-13(11-16-14(18)21-15(2,3)4)17-12-7-9-22(19,20)10-8-12/h12-13,17H,5-11H2,1-4H3,(H,16,18). The Kier molecular flexibility index (Phi) is 7.12. The van der Waals surface area contributed by atoms with Gasteiger partial charge in [-0.3, -0.25) is 0 Å². The van der Waals surface area contributed by atoms with Gasteiger partial charge < -0.3 is 15.4 Å². The number of carbonyl (C=O) groups is 1. The predicted octanol–water partition coefficient (Wildman–Crippen LogP) is 1.85. The maximum atomic E-state index is 11.7. The van der Waals surface area contributed by atoms with E-state index in [-0.39, 0.29) is 23.6 Å². The number of hydrogen-bond acceptors (Lipinski definition) is 5. The van der Waals surface area contributed by atoms with Crippen molar-refractivity contribution in [2.45, 2.75) is 71.1 Å². The Morgan fingerprint density at radius 3 is 2.36 bits per heavy atom. The lowest BCUT2D eigenvalue weighted by atomic mass is 10.1. The summed E-state index contributed by atoms with van der Waals surface area (Å²) in [4.78, 5) is 11.7.